The Morgan fingerprint density at radius 1 is 1.11 bits per heavy atom. The van der Waals surface area contributed by atoms with Gasteiger partial charge in [0, 0.05) is 11.8 Å². The summed E-state index contributed by atoms with van der Waals surface area (Å²) in [6.07, 6.45) is 3.15. The third-order valence-corrected chi connectivity index (χ3v) is 4.24. The molecular formula is C22H26ClNO3. The van der Waals surface area contributed by atoms with Gasteiger partial charge in [-0.05, 0) is 69.5 Å². The van der Waals surface area contributed by atoms with Gasteiger partial charge < -0.3 is 14.8 Å². The molecule has 0 radical (unpaired) electrons. The summed E-state index contributed by atoms with van der Waals surface area (Å²) < 4.78 is 11.1. The molecule has 0 aliphatic rings. The highest BCUT2D eigenvalue weighted by Gasteiger charge is 2.13. The number of ether oxygens (including phenoxy) is 2. The minimum Gasteiger partial charge on any atom is -0.493 e. The fourth-order valence-corrected chi connectivity index (χ4v) is 3.16. The number of hydrogen-bond acceptors (Lipinski definition) is 3. The van der Waals surface area contributed by atoms with E-state index in [1.165, 1.54) is 11.6 Å². The molecule has 0 atom stereocenters. The predicted octanol–water partition coefficient (Wildman–Crippen LogP) is 5.71. The van der Waals surface area contributed by atoms with Gasteiger partial charge in [-0.1, -0.05) is 29.3 Å². The van der Waals surface area contributed by atoms with Gasteiger partial charge in [-0.15, -0.1) is 0 Å². The summed E-state index contributed by atoms with van der Waals surface area (Å²) in [7, 11) is 1.56. The van der Waals surface area contributed by atoms with Crippen LogP contribution in [0.3, 0.4) is 0 Å². The Bertz CT molecular complexity index is 849. The Labute approximate surface area is 166 Å². The Hall–Kier alpha value is -2.46. The Kier molecular flexibility index (Phi) is 6.92. The molecule has 0 heterocycles. The standard InChI is InChI=1S/C22H26ClNO3/c1-13(2)27-22-18(23)11-17(12-19(22)26-6)7-8-20(25)24-21-15(4)9-14(3)10-16(21)5/h7-13H,1-6H3,(H,24,25)/b8-7+. The summed E-state index contributed by atoms with van der Waals surface area (Å²) in [5.41, 5.74) is 4.83. The highest BCUT2D eigenvalue weighted by molar-refractivity contribution is 6.32. The molecule has 0 aromatic heterocycles. The zero-order valence-electron chi connectivity index (χ0n) is 16.6. The summed E-state index contributed by atoms with van der Waals surface area (Å²) in [6, 6.07) is 7.62. The number of carbonyl (C=O) groups is 1. The van der Waals surface area contributed by atoms with Crippen molar-refractivity contribution in [3.05, 3.63) is 57.6 Å². The van der Waals surface area contributed by atoms with Crippen LogP contribution in [-0.4, -0.2) is 19.1 Å². The first-order chi connectivity index (χ1) is 12.7. The van der Waals surface area contributed by atoms with Crippen LogP contribution >= 0.6 is 11.6 Å². The fraction of sp³-hybridized carbons (Fsp3) is 0.318. The summed E-state index contributed by atoms with van der Waals surface area (Å²) in [4.78, 5) is 12.3. The number of benzene rings is 2. The monoisotopic (exact) mass is 387 g/mol. The smallest absolute Gasteiger partial charge is 0.248 e. The number of methoxy groups -OCH3 is 1. The molecular weight excluding hydrogens is 362 g/mol. The number of amides is 1. The van der Waals surface area contributed by atoms with Crippen LogP contribution in [0.1, 0.15) is 36.1 Å². The van der Waals surface area contributed by atoms with Crippen LogP contribution in [0.5, 0.6) is 11.5 Å². The number of hydrogen-bond donors (Lipinski definition) is 1. The lowest BCUT2D eigenvalue weighted by molar-refractivity contribution is -0.111. The molecule has 27 heavy (non-hydrogen) atoms. The van der Waals surface area contributed by atoms with Crippen LogP contribution in [0, 0.1) is 20.8 Å². The van der Waals surface area contributed by atoms with Crippen molar-refractivity contribution in [1.29, 1.82) is 0 Å². The third kappa shape index (κ3) is 5.51. The predicted molar refractivity (Wildman–Crippen MR) is 112 cm³/mol. The zero-order chi connectivity index (χ0) is 20.1. The van der Waals surface area contributed by atoms with E-state index in [1.54, 1.807) is 25.3 Å². The van der Waals surface area contributed by atoms with Crippen LogP contribution in [0.4, 0.5) is 5.69 Å². The van der Waals surface area contributed by atoms with E-state index in [2.05, 4.69) is 5.32 Å². The van der Waals surface area contributed by atoms with E-state index in [4.69, 9.17) is 21.1 Å². The highest BCUT2D eigenvalue weighted by Crippen LogP contribution is 2.37. The van der Waals surface area contributed by atoms with E-state index >= 15 is 0 Å². The van der Waals surface area contributed by atoms with E-state index < -0.39 is 0 Å². The van der Waals surface area contributed by atoms with Crippen LogP contribution < -0.4 is 14.8 Å². The van der Waals surface area contributed by atoms with Gasteiger partial charge in [-0.2, -0.15) is 0 Å². The normalized spacial score (nSPS) is 11.1. The molecule has 0 unspecified atom stereocenters. The van der Waals surface area contributed by atoms with Gasteiger partial charge in [-0.25, -0.2) is 0 Å². The van der Waals surface area contributed by atoms with Gasteiger partial charge in [-0.3, -0.25) is 4.79 Å². The number of rotatable bonds is 6. The molecule has 0 aliphatic heterocycles. The largest absolute Gasteiger partial charge is 0.493 e. The number of nitrogens with one attached hydrogen (secondary N) is 1. The number of halogens is 1. The lowest BCUT2D eigenvalue weighted by Gasteiger charge is -2.15. The molecule has 144 valence electrons. The average Bonchev–Trinajstić information content (AvgIpc) is 2.57. The summed E-state index contributed by atoms with van der Waals surface area (Å²) in [5, 5.41) is 3.38. The first-order valence-corrected chi connectivity index (χ1v) is 9.20. The lowest BCUT2D eigenvalue weighted by atomic mass is 10.1. The fourth-order valence-electron chi connectivity index (χ4n) is 2.90. The number of aryl methyl sites for hydroxylation is 3. The van der Waals surface area contributed by atoms with Crippen molar-refractivity contribution in [2.24, 2.45) is 0 Å². The Balaban J connectivity index is 2.20. The molecule has 0 saturated carbocycles. The van der Waals surface area contributed by atoms with Crippen molar-refractivity contribution in [2.75, 3.05) is 12.4 Å². The average molecular weight is 388 g/mol. The van der Waals surface area contributed by atoms with Crippen molar-refractivity contribution < 1.29 is 14.3 Å². The minimum absolute atomic E-state index is 0.0236. The topological polar surface area (TPSA) is 47.6 Å². The van der Waals surface area contributed by atoms with Gasteiger partial charge >= 0.3 is 0 Å². The summed E-state index contributed by atoms with van der Waals surface area (Å²) >= 11 is 6.32. The van der Waals surface area contributed by atoms with E-state index in [-0.39, 0.29) is 12.0 Å². The maximum atomic E-state index is 12.3. The van der Waals surface area contributed by atoms with Gasteiger partial charge in [0.05, 0.1) is 18.2 Å². The Morgan fingerprint density at radius 2 is 1.74 bits per heavy atom. The van der Waals surface area contributed by atoms with Crippen LogP contribution in [0.2, 0.25) is 5.02 Å². The third-order valence-electron chi connectivity index (χ3n) is 3.96. The number of anilines is 1. The van der Waals surface area contributed by atoms with Crippen LogP contribution in [-0.2, 0) is 4.79 Å². The second kappa shape index (κ2) is 8.96. The van der Waals surface area contributed by atoms with E-state index in [0.717, 1.165) is 22.4 Å². The second-order valence-corrected chi connectivity index (χ2v) is 7.20. The van der Waals surface area contributed by atoms with Crippen molar-refractivity contribution in [3.63, 3.8) is 0 Å². The summed E-state index contributed by atoms with van der Waals surface area (Å²) in [5.74, 6) is 0.825. The second-order valence-electron chi connectivity index (χ2n) is 6.80. The van der Waals surface area contributed by atoms with Crippen molar-refractivity contribution >= 4 is 29.3 Å². The highest BCUT2D eigenvalue weighted by atomic mass is 35.5. The first kappa shape index (κ1) is 20.8. The van der Waals surface area contributed by atoms with Crippen molar-refractivity contribution in [2.45, 2.75) is 40.7 Å². The maximum absolute atomic E-state index is 12.3. The minimum atomic E-state index is -0.206. The van der Waals surface area contributed by atoms with Crippen LogP contribution in [0.25, 0.3) is 6.08 Å². The van der Waals surface area contributed by atoms with E-state index in [0.29, 0.717) is 16.5 Å². The summed E-state index contributed by atoms with van der Waals surface area (Å²) in [6.45, 7) is 9.84. The molecule has 2 rings (SSSR count). The van der Waals surface area contributed by atoms with Crippen LogP contribution in [0.15, 0.2) is 30.3 Å². The molecule has 0 bridgehead atoms. The lowest BCUT2D eigenvalue weighted by Crippen LogP contribution is -2.10. The van der Waals surface area contributed by atoms with E-state index in [1.807, 2.05) is 46.8 Å². The van der Waals surface area contributed by atoms with E-state index in [9.17, 15) is 4.79 Å². The SMILES string of the molecule is COc1cc(/C=C/C(=O)Nc2c(C)cc(C)cc2C)cc(Cl)c1OC(C)C. The van der Waals surface area contributed by atoms with Crippen molar-refractivity contribution in [1.82, 2.24) is 0 Å². The molecule has 0 fully saturated rings. The Morgan fingerprint density at radius 3 is 2.30 bits per heavy atom. The molecule has 1 amide bonds. The molecule has 4 nitrogen and oxygen atoms in total. The molecule has 1 N–H and O–H groups in total. The first-order valence-electron chi connectivity index (χ1n) is 8.82. The molecule has 0 aliphatic carbocycles. The molecule has 2 aromatic rings. The quantitative estimate of drug-likeness (QED) is 0.645. The van der Waals surface area contributed by atoms with Gasteiger partial charge in [0.2, 0.25) is 5.91 Å². The van der Waals surface area contributed by atoms with Gasteiger partial charge in [0.25, 0.3) is 0 Å². The molecule has 0 saturated heterocycles. The zero-order valence-corrected chi connectivity index (χ0v) is 17.4. The molecule has 0 spiro atoms. The van der Waals surface area contributed by atoms with Gasteiger partial charge in [0.15, 0.2) is 11.5 Å². The number of carbonyl (C=O) groups excluding carboxylic acids is 1. The van der Waals surface area contributed by atoms with Gasteiger partial charge in [0.1, 0.15) is 0 Å². The molecule has 5 heteroatoms. The van der Waals surface area contributed by atoms with Crippen molar-refractivity contribution in [3.8, 4) is 11.5 Å². The molecule has 2 aromatic carbocycles. The maximum Gasteiger partial charge on any atom is 0.248 e.